The Morgan fingerprint density at radius 2 is 0.981 bits per heavy atom. The van der Waals surface area contributed by atoms with Crippen molar-refractivity contribution in [3.8, 4) is 56.8 Å². The third-order valence-electron chi connectivity index (χ3n) is 13.3. The monoisotopic (exact) mass is 698 g/mol. The highest BCUT2D eigenvalue weighted by Crippen LogP contribution is 2.69. The molecule has 0 saturated heterocycles. The topological polar surface area (TPSA) is 51.1 Å². The first-order chi connectivity index (χ1) is 26.7. The van der Waals surface area contributed by atoms with Crippen molar-refractivity contribution in [3.05, 3.63) is 157 Å². The van der Waals surface area contributed by atoms with Gasteiger partial charge in [-0.25, -0.2) is 15.0 Å². The Morgan fingerprint density at radius 3 is 1.65 bits per heavy atom. The summed E-state index contributed by atoms with van der Waals surface area (Å²) in [5.74, 6) is 6.94. The van der Waals surface area contributed by atoms with E-state index in [1.165, 1.54) is 48.8 Å². The van der Waals surface area contributed by atoms with Crippen LogP contribution in [0, 0.1) is 23.7 Å². The van der Waals surface area contributed by atoms with Gasteiger partial charge in [0, 0.05) is 27.8 Å². The average Bonchev–Trinajstić information content (AvgIpc) is 3.52. The predicted molar refractivity (Wildman–Crippen MR) is 214 cm³/mol. The smallest absolute Gasteiger partial charge is 0.164 e. The molecule has 2 heterocycles. The molecule has 1 aliphatic heterocycles. The molecule has 0 atom stereocenters. The fourth-order valence-corrected chi connectivity index (χ4v) is 11.4. The van der Waals surface area contributed by atoms with Gasteiger partial charge in [0.15, 0.2) is 29.0 Å². The maximum absolute atomic E-state index is 6.27. The first-order valence-electron chi connectivity index (χ1n) is 19.5. The lowest BCUT2D eigenvalue weighted by Crippen LogP contribution is -2.55. The minimum Gasteiger partial charge on any atom is -0.453 e. The van der Waals surface area contributed by atoms with E-state index in [-0.39, 0.29) is 5.41 Å². The highest BCUT2D eigenvalue weighted by atomic mass is 16.5. The van der Waals surface area contributed by atoms with E-state index in [9.17, 15) is 0 Å². The lowest BCUT2D eigenvalue weighted by Gasteiger charge is -2.61. The molecule has 4 bridgehead atoms. The summed E-state index contributed by atoms with van der Waals surface area (Å²) in [6.07, 6.45) is 6.88. The first kappa shape index (κ1) is 30.4. The maximum Gasteiger partial charge on any atom is 0.164 e. The van der Waals surface area contributed by atoms with Gasteiger partial charge in [0.25, 0.3) is 0 Å². The molecule has 0 amide bonds. The van der Waals surface area contributed by atoms with Gasteiger partial charge in [-0.15, -0.1) is 0 Å². The lowest BCUT2D eigenvalue weighted by molar-refractivity contribution is -0.0399. The van der Waals surface area contributed by atoms with Gasteiger partial charge in [0.1, 0.15) is 0 Å². The Morgan fingerprint density at radius 1 is 0.463 bits per heavy atom. The molecule has 6 aromatic carbocycles. The summed E-state index contributed by atoms with van der Waals surface area (Å²) in [6.45, 7) is 0. The van der Waals surface area contributed by atoms with Crippen LogP contribution in [-0.2, 0) is 5.41 Å². The number of fused-ring (bicyclic) bond motifs is 5. The third kappa shape index (κ3) is 4.35. The standard InChI is InChI=1S/C49H38N4O/c1-2-10-32(11-3-1)46-50-47(33-18-21-37(22-19-33)53-42-14-6-8-16-44(42)54-45-17-9-7-15-43(45)53)52-48(51-46)34-20-23-39-38-12-4-5-13-40(38)49(41(39)29-34)35-25-30-24-31(27-35)28-36(49)26-30/h1-23,29-31,35-36H,24-28H2. The minimum atomic E-state index is 0.0834. The van der Waals surface area contributed by atoms with Crippen LogP contribution < -0.4 is 9.64 Å². The molecule has 1 spiro atoms. The molecule has 260 valence electrons. The molecule has 5 heteroatoms. The number of hydrogen-bond acceptors (Lipinski definition) is 5. The number of para-hydroxylation sites is 4. The molecule has 0 N–H and O–H groups in total. The van der Waals surface area contributed by atoms with E-state index in [1.54, 1.807) is 5.56 Å². The maximum atomic E-state index is 6.27. The van der Waals surface area contributed by atoms with Crippen molar-refractivity contribution in [2.45, 2.75) is 37.5 Å². The third-order valence-corrected chi connectivity index (χ3v) is 13.3. The van der Waals surface area contributed by atoms with Gasteiger partial charge in [-0.1, -0.05) is 91.0 Å². The van der Waals surface area contributed by atoms with Crippen LogP contribution in [0.5, 0.6) is 11.5 Å². The number of ether oxygens (including phenoxy) is 1. The molecule has 4 fully saturated rings. The van der Waals surface area contributed by atoms with Crippen LogP contribution in [0.4, 0.5) is 17.1 Å². The zero-order chi connectivity index (χ0) is 35.4. The highest BCUT2D eigenvalue weighted by molar-refractivity contribution is 5.87. The van der Waals surface area contributed by atoms with Gasteiger partial charge in [-0.05, 0) is 133 Å². The van der Waals surface area contributed by atoms with Gasteiger partial charge < -0.3 is 9.64 Å². The Balaban J connectivity index is 0.985. The van der Waals surface area contributed by atoms with Crippen molar-refractivity contribution in [2.24, 2.45) is 23.7 Å². The number of benzene rings is 6. The highest BCUT2D eigenvalue weighted by Gasteiger charge is 2.61. The van der Waals surface area contributed by atoms with Crippen LogP contribution in [0.1, 0.15) is 43.2 Å². The number of nitrogens with zero attached hydrogens (tertiary/aromatic N) is 4. The van der Waals surface area contributed by atoms with Gasteiger partial charge in [0.2, 0.25) is 0 Å². The summed E-state index contributed by atoms with van der Waals surface area (Å²) in [5.41, 5.74) is 12.0. The molecular formula is C49H38N4O. The summed E-state index contributed by atoms with van der Waals surface area (Å²) in [6, 6.07) is 51.6. The molecule has 13 rings (SSSR count). The molecule has 7 aromatic rings. The van der Waals surface area contributed by atoms with E-state index in [2.05, 4.69) is 108 Å². The van der Waals surface area contributed by atoms with E-state index in [0.29, 0.717) is 23.5 Å². The summed E-state index contributed by atoms with van der Waals surface area (Å²) in [4.78, 5) is 17.8. The van der Waals surface area contributed by atoms with Crippen molar-refractivity contribution >= 4 is 17.1 Å². The number of aromatic nitrogens is 3. The normalized spacial score (nSPS) is 23.7. The van der Waals surface area contributed by atoms with Gasteiger partial charge in [0.05, 0.1) is 11.4 Å². The van der Waals surface area contributed by atoms with Crippen LogP contribution in [0.25, 0.3) is 45.3 Å². The van der Waals surface area contributed by atoms with Crippen molar-refractivity contribution in [2.75, 3.05) is 4.90 Å². The number of rotatable bonds is 4. The summed E-state index contributed by atoms with van der Waals surface area (Å²) in [5, 5.41) is 0. The molecule has 5 aliphatic carbocycles. The van der Waals surface area contributed by atoms with E-state index >= 15 is 0 Å². The van der Waals surface area contributed by atoms with Crippen LogP contribution >= 0.6 is 0 Å². The first-order valence-corrected chi connectivity index (χ1v) is 19.5. The quantitative estimate of drug-likeness (QED) is 0.183. The molecule has 54 heavy (non-hydrogen) atoms. The van der Waals surface area contributed by atoms with E-state index in [1.807, 2.05) is 42.5 Å². The number of anilines is 3. The van der Waals surface area contributed by atoms with Crippen LogP contribution in [0.2, 0.25) is 0 Å². The zero-order valence-corrected chi connectivity index (χ0v) is 29.9. The molecule has 0 radical (unpaired) electrons. The Hall–Kier alpha value is -6.07. The van der Waals surface area contributed by atoms with Crippen LogP contribution in [0.3, 0.4) is 0 Å². The van der Waals surface area contributed by atoms with E-state index in [4.69, 9.17) is 19.7 Å². The average molecular weight is 699 g/mol. The Labute approximate surface area is 315 Å². The van der Waals surface area contributed by atoms with E-state index in [0.717, 1.165) is 62.9 Å². The Bertz CT molecular complexity index is 2540. The van der Waals surface area contributed by atoms with Gasteiger partial charge in [-0.3, -0.25) is 0 Å². The largest absolute Gasteiger partial charge is 0.453 e. The summed E-state index contributed by atoms with van der Waals surface area (Å²) < 4.78 is 6.27. The van der Waals surface area contributed by atoms with Crippen LogP contribution in [-0.4, -0.2) is 15.0 Å². The zero-order valence-electron chi connectivity index (χ0n) is 29.9. The fourth-order valence-electron chi connectivity index (χ4n) is 11.4. The summed E-state index contributed by atoms with van der Waals surface area (Å²) in [7, 11) is 0. The molecular weight excluding hydrogens is 661 g/mol. The molecule has 5 nitrogen and oxygen atoms in total. The molecule has 6 aliphatic rings. The van der Waals surface area contributed by atoms with Crippen molar-refractivity contribution < 1.29 is 4.74 Å². The second-order valence-corrected chi connectivity index (χ2v) is 16.1. The Kier molecular flexibility index (Phi) is 6.45. The van der Waals surface area contributed by atoms with Crippen LogP contribution in [0.15, 0.2) is 146 Å². The number of hydrogen-bond donors (Lipinski definition) is 0. The van der Waals surface area contributed by atoms with Crippen molar-refractivity contribution in [1.82, 2.24) is 15.0 Å². The van der Waals surface area contributed by atoms with Crippen molar-refractivity contribution in [1.29, 1.82) is 0 Å². The van der Waals surface area contributed by atoms with E-state index < -0.39 is 0 Å². The predicted octanol–water partition coefficient (Wildman–Crippen LogP) is 12.2. The molecule has 4 saturated carbocycles. The fraction of sp³-hybridized carbons (Fsp3) is 0.204. The van der Waals surface area contributed by atoms with Gasteiger partial charge >= 0.3 is 0 Å². The minimum absolute atomic E-state index is 0.0834. The second kappa shape index (κ2) is 11.5. The second-order valence-electron chi connectivity index (χ2n) is 16.1. The van der Waals surface area contributed by atoms with Crippen molar-refractivity contribution in [3.63, 3.8) is 0 Å². The lowest BCUT2D eigenvalue weighted by atomic mass is 9.43. The molecule has 0 unspecified atom stereocenters. The SMILES string of the molecule is c1ccc(-c2nc(-c3ccc(N4c5ccccc5Oc5ccccc54)cc3)nc(-c3ccc4c(c3)C3(c5ccccc5-4)C4CC5CC(C4)CC3C5)n2)cc1. The van der Waals surface area contributed by atoms with Gasteiger partial charge in [-0.2, -0.15) is 0 Å². The summed E-state index contributed by atoms with van der Waals surface area (Å²) >= 11 is 0. The molecule has 1 aromatic heterocycles.